The van der Waals surface area contributed by atoms with Gasteiger partial charge < -0.3 is 14.4 Å². The Hall–Kier alpha value is -6.26. The van der Waals surface area contributed by atoms with Gasteiger partial charge in [0, 0.05) is 38.9 Å². The van der Waals surface area contributed by atoms with Crippen molar-refractivity contribution < 1.29 is 9.47 Å². The van der Waals surface area contributed by atoms with Gasteiger partial charge in [-0.05, 0) is 92.3 Å². The Morgan fingerprint density at radius 2 is 1.12 bits per heavy atom. The van der Waals surface area contributed by atoms with Gasteiger partial charge in [0.2, 0.25) is 0 Å². The fourth-order valence-corrected chi connectivity index (χ4v) is 8.97. The van der Waals surface area contributed by atoms with Crippen molar-refractivity contribution in [2.75, 3.05) is 4.90 Å². The van der Waals surface area contributed by atoms with Crippen LogP contribution in [0.4, 0.5) is 17.1 Å². The number of rotatable bonds is 3. The second kappa shape index (κ2) is 10.4. The molecule has 1 aliphatic carbocycles. The van der Waals surface area contributed by atoms with E-state index in [2.05, 4.69) is 176 Å². The molecule has 2 aliphatic heterocycles. The van der Waals surface area contributed by atoms with Gasteiger partial charge in [-0.3, -0.25) is 0 Å². The summed E-state index contributed by atoms with van der Waals surface area (Å²) in [4.78, 5) is 2.34. The van der Waals surface area contributed by atoms with Gasteiger partial charge in [0.1, 0.15) is 23.0 Å². The van der Waals surface area contributed by atoms with Crippen LogP contribution < -0.4 is 30.8 Å². The van der Waals surface area contributed by atoms with Gasteiger partial charge in [-0.15, -0.1) is 0 Å². The second-order valence-corrected chi connectivity index (χ2v) is 14.4. The van der Waals surface area contributed by atoms with E-state index >= 15 is 0 Å². The van der Waals surface area contributed by atoms with Crippen LogP contribution in [-0.4, -0.2) is 6.71 Å². The number of benzene rings is 8. The van der Waals surface area contributed by atoms with Crippen LogP contribution in [0.3, 0.4) is 0 Å². The minimum atomic E-state index is -0.309. The Balaban J connectivity index is 1.17. The van der Waals surface area contributed by atoms with Crippen molar-refractivity contribution in [1.29, 1.82) is 0 Å². The van der Waals surface area contributed by atoms with Crippen LogP contribution in [0.25, 0.3) is 32.7 Å². The molecule has 0 saturated heterocycles. The van der Waals surface area contributed by atoms with E-state index in [4.69, 9.17) is 9.47 Å². The van der Waals surface area contributed by atoms with Crippen molar-refractivity contribution in [3.8, 4) is 34.1 Å². The first-order chi connectivity index (χ1) is 25.1. The summed E-state index contributed by atoms with van der Waals surface area (Å²) < 4.78 is 14.2. The number of anilines is 3. The first-order valence-electron chi connectivity index (χ1n) is 17.7. The average Bonchev–Trinajstić information content (AvgIpc) is 3.40. The van der Waals surface area contributed by atoms with Crippen LogP contribution in [0.5, 0.6) is 23.0 Å². The Labute approximate surface area is 297 Å². The Bertz CT molecular complexity index is 2700. The average molecular weight is 654 g/mol. The molecule has 0 bridgehead atoms. The fourth-order valence-electron chi connectivity index (χ4n) is 8.97. The quantitative estimate of drug-likeness (QED) is 0.177. The van der Waals surface area contributed by atoms with Crippen LogP contribution in [0.1, 0.15) is 25.0 Å². The van der Waals surface area contributed by atoms with Gasteiger partial charge in [-0.1, -0.05) is 123 Å². The minimum Gasteiger partial charge on any atom is -0.458 e. The fraction of sp³-hybridized carbons (Fsp3) is 0.0638. The number of ether oxygens (including phenoxy) is 2. The normalized spacial score (nSPS) is 14.1. The zero-order valence-corrected chi connectivity index (χ0v) is 28.4. The lowest BCUT2D eigenvalue weighted by atomic mass is 9.34. The van der Waals surface area contributed by atoms with E-state index < -0.39 is 0 Å². The highest BCUT2D eigenvalue weighted by Crippen LogP contribution is 2.56. The van der Waals surface area contributed by atoms with Crippen LogP contribution in [0, 0.1) is 0 Å². The summed E-state index contributed by atoms with van der Waals surface area (Å²) in [6.45, 7) is 4.63. The Morgan fingerprint density at radius 3 is 1.86 bits per heavy atom. The summed E-state index contributed by atoms with van der Waals surface area (Å²) in [6, 6.07) is 56.6. The van der Waals surface area contributed by atoms with Gasteiger partial charge in [-0.25, -0.2) is 0 Å². The van der Waals surface area contributed by atoms with Crippen LogP contribution in [0.15, 0.2) is 158 Å². The van der Waals surface area contributed by atoms with Gasteiger partial charge >= 0.3 is 0 Å². The molecule has 240 valence electrons. The van der Waals surface area contributed by atoms with Crippen molar-refractivity contribution in [3.05, 3.63) is 169 Å². The van der Waals surface area contributed by atoms with Crippen LogP contribution in [0.2, 0.25) is 0 Å². The number of hydrogen-bond acceptors (Lipinski definition) is 3. The van der Waals surface area contributed by atoms with Crippen molar-refractivity contribution in [3.63, 3.8) is 0 Å². The minimum absolute atomic E-state index is 0.0402. The molecule has 0 saturated carbocycles. The molecule has 3 aliphatic rings. The molecule has 0 unspecified atom stereocenters. The standard InChI is InChI=1S/C47H32BNO2/c1-47(2)37-27-33(49(31-15-5-3-6-16-31)32-17-7-4-8-18-32)23-24-36(37)42-38(47)28-41-44-46(42)50-40-26-22-29-13-9-11-19-34(29)43(40)48(44)39-25-21-30-14-10-12-20-35(30)45(39)51-41/h3-28H,1-2H3. The lowest BCUT2D eigenvalue weighted by Gasteiger charge is -2.36. The third-order valence-corrected chi connectivity index (χ3v) is 11.3. The van der Waals surface area contributed by atoms with E-state index in [1.165, 1.54) is 49.3 Å². The number of para-hydroxylation sites is 2. The van der Waals surface area contributed by atoms with Gasteiger partial charge in [0.15, 0.2) is 0 Å². The molecule has 0 N–H and O–H groups in total. The lowest BCUT2D eigenvalue weighted by molar-refractivity contribution is 0.466. The van der Waals surface area contributed by atoms with Crippen molar-refractivity contribution in [2.45, 2.75) is 19.3 Å². The highest BCUT2D eigenvalue weighted by molar-refractivity contribution is 6.99. The molecule has 3 nitrogen and oxygen atoms in total. The molecule has 0 aromatic heterocycles. The summed E-state index contributed by atoms with van der Waals surface area (Å²) in [7, 11) is 0. The highest BCUT2D eigenvalue weighted by Gasteiger charge is 2.47. The Morgan fingerprint density at radius 1 is 0.490 bits per heavy atom. The van der Waals surface area contributed by atoms with Crippen molar-refractivity contribution in [1.82, 2.24) is 0 Å². The van der Waals surface area contributed by atoms with E-state index in [0.717, 1.165) is 50.9 Å². The second-order valence-electron chi connectivity index (χ2n) is 14.4. The van der Waals surface area contributed by atoms with Crippen LogP contribution >= 0.6 is 0 Å². The molecule has 0 radical (unpaired) electrons. The van der Waals surface area contributed by atoms with E-state index in [1.54, 1.807) is 0 Å². The van der Waals surface area contributed by atoms with Gasteiger partial charge in [0.25, 0.3) is 6.71 Å². The molecule has 51 heavy (non-hydrogen) atoms. The molecular formula is C47H32BNO2. The Kier molecular flexibility index (Phi) is 5.82. The third kappa shape index (κ3) is 3.96. The van der Waals surface area contributed by atoms with Gasteiger partial charge in [0.05, 0.1) is 0 Å². The molecule has 2 heterocycles. The maximum absolute atomic E-state index is 7.15. The van der Waals surface area contributed by atoms with E-state index in [9.17, 15) is 0 Å². The molecule has 0 amide bonds. The largest absolute Gasteiger partial charge is 0.458 e. The number of hydrogen-bond donors (Lipinski definition) is 0. The zero-order chi connectivity index (χ0) is 33.8. The molecular weight excluding hydrogens is 621 g/mol. The van der Waals surface area contributed by atoms with E-state index in [-0.39, 0.29) is 12.1 Å². The van der Waals surface area contributed by atoms with E-state index in [0.29, 0.717) is 0 Å². The smallest absolute Gasteiger partial charge is 0.261 e. The highest BCUT2D eigenvalue weighted by atomic mass is 16.5. The monoisotopic (exact) mass is 653 g/mol. The third-order valence-electron chi connectivity index (χ3n) is 11.3. The summed E-state index contributed by atoms with van der Waals surface area (Å²) in [6.07, 6.45) is 0. The van der Waals surface area contributed by atoms with Crippen molar-refractivity contribution in [2.24, 2.45) is 0 Å². The maximum Gasteiger partial charge on any atom is 0.261 e. The molecule has 8 aromatic carbocycles. The molecule has 8 aromatic rings. The first kappa shape index (κ1) is 28.6. The maximum atomic E-state index is 7.15. The van der Waals surface area contributed by atoms with Crippen molar-refractivity contribution >= 4 is 61.7 Å². The number of fused-ring (bicyclic) bond motifs is 12. The number of nitrogens with zero attached hydrogens (tertiary/aromatic N) is 1. The summed E-state index contributed by atoms with van der Waals surface area (Å²) in [5, 5.41) is 4.73. The summed E-state index contributed by atoms with van der Waals surface area (Å²) >= 11 is 0. The topological polar surface area (TPSA) is 21.7 Å². The molecule has 0 fully saturated rings. The SMILES string of the molecule is CC1(C)c2cc(N(c3ccccc3)c3ccccc3)ccc2-c2c1cc1c3c2Oc2ccc4ccccc4c2B3c2ccc3ccccc3c2O1. The predicted molar refractivity (Wildman–Crippen MR) is 211 cm³/mol. The van der Waals surface area contributed by atoms with Crippen LogP contribution in [-0.2, 0) is 5.41 Å². The first-order valence-corrected chi connectivity index (χ1v) is 17.7. The lowest BCUT2D eigenvalue weighted by Crippen LogP contribution is -2.57. The van der Waals surface area contributed by atoms with Gasteiger partial charge in [-0.2, -0.15) is 0 Å². The summed E-state index contributed by atoms with van der Waals surface area (Å²) in [5.41, 5.74) is 11.4. The summed E-state index contributed by atoms with van der Waals surface area (Å²) in [5.74, 6) is 3.65. The van der Waals surface area contributed by atoms with E-state index in [1.807, 2.05) is 0 Å². The molecule has 0 spiro atoms. The zero-order valence-electron chi connectivity index (χ0n) is 28.4. The molecule has 4 heteroatoms. The molecule has 0 atom stereocenters. The predicted octanol–water partition coefficient (Wildman–Crippen LogP) is 10.5. The molecule has 11 rings (SSSR count).